The first kappa shape index (κ1) is 15.9. The molecule has 1 atom stereocenters. The lowest BCUT2D eigenvalue weighted by Crippen LogP contribution is -2.45. The maximum atomic E-state index is 11.2. The molecule has 0 unspecified atom stereocenters. The maximum absolute atomic E-state index is 11.2. The van der Waals surface area contributed by atoms with Crippen molar-refractivity contribution in [3.05, 3.63) is 39.4 Å². The van der Waals surface area contributed by atoms with Crippen LogP contribution < -0.4 is 5.32 Å². The fourth-order valence-corrected chi connectivity index (χ4v) is 2.97. The third-order valence-corrected chi connectivity index (χ3v) is 4.10. The molecule has 0 spiro atoms. The van der Waals surface area contributed by atoms with E-state index in [0.29, 0.717) is 5.92 Å². The Hall–Kier alpha value is -1.46. The topological polar surface area (TPSA) is 58.4 Å². The number of hydrogen-bond donors (Lipinski definition) is 1. The van der Waals surface area contributed by atoms with E-state index in [1.807, 2.05) is 6.07 Å². The largest absolute Gasteiger partial charge is 0.314 e. The molecule has 0 radical (unpaired) electrons. The molecule has 2 rings (SSSR count). The van der Waals surface area contributed by atoms with Gasteiger partial charge >= 0.3 is 0 Å². The van der Waals surface area contributed by atoms with Gasteiger partial charge in [0.05, 0.1) is 4.92 Å². The van der Waals surface area contributed by atoms with Crippen molar-refractivity contribution in [1.29, 1.82) is 0 Å². The van der Waals surface area contributed by atoms with Gasteiger partial charge in [0.2, 0.25) is 0 Å². The zero-order chi connectivity index (χ0) is 15.4. The molecule has 1 aromatic rings. The van der Waals surface area contributed by atoms with Gasteiger partial charge in [-0.15, -0.1) is 0 Å². The lowest BCUT2D eigenvalue weighted by atomic mass is 9.94. The van der Waals surface area contributed by atoms with Crippen molar-refractivity contribution in [3.63, 3.8) is 0 Å². The Kier molecular flexibility index (Phi) is 5.31. The molecule has 1 aliphatic heterocycles. The number of nitrogens with one attached hydrogen (secondary N) is 1. The molecule has 1 N–H and O–H groups in total. The molecule has 21 heavy (non-hydrogen) atoms. The van der Waals surface area contributed by atoms with Crippen molar-refractivity contribution in [1.82, 2.24) is 10.2 Å². The third-order valence-electron chi connectivity index (χ3n) is 4.10. The summed E-state index contributed by atoms with van der Waals surface area (Å²) in [6.45, 7) is 10.2. The first-order chi connectivity index (χ1) is 9.99. The Morgan fingerprint density at radius 3 is 2.57 bits per heavy atom. The summed E-state index contributed by atoms with van der Waals surface area (Å²) in [5.74, 6) is 0.560. The summed E-state index contributed by atoms with van der Waals surface area (Å²) in [6.07, 6.45) is 1.03. The Morgan fingerprint density at radius 2 is 2.00 bits per heavy atom. The second kappa shape index (κ2) is 7.00. The van der Waals surface area contributed by atoms with Gasteiger partial charge in [0.1, 0.15) is 0 Å². The van der Waals surface area contributed by atoms with Gasteiger partial charge < -0.3 is 5.32 Å². The summed E-state index contributed by atoms with van der Waals surface area (Å²) in [5.41, 5.74) is 2.03. The average Bonchev–Trinajstić information content (AvgIpc) is 2.46. The number of nitro groups is 1. The Labute approximate surface area is 126 Å². The van der Waals surface area contributed by atoms with Crippen LogP contribution in [0.1, 0.15) is 37.4 Å². The standard InChI is InChI=1S/C16H25N3O2/c1-12(2)10-16(18-8-6-17-7-9-18)14-5-4-13(3)15(11-14)19(20)21/h4-5,11-12,16-17H,6-10H2,1-3H3/t16-/m1/s1. The van der Waals surface area contributed by atoms with Crippen LogP contribution in [0.4, 0.5) is 5.69 Å². The Morgan fingerprint density at radius 1 is 1.33 bits per heavy atom. The molecule has 1 aromatic carbocycles. The van der Waals surface area contributed by atoms with Crippen molar-refractivity contribution < 1.29 is 4.92 Å². The predicted octanol–water partition coefficient (Wildman–Crippen LogP) is 2.90. The molecule has 1 saturated heterocycles. The highest BCUT2D eigenvalue weighted by Gasteiger charge is 2.25. The van der Waals surface area contributed by atoms with Gasteiger partial charge in [-0.2, -0.15) is 0 Å². The Bertz CT molecular complexity index is 496. The number of piperazine rings is 1. The first-order valence-corrected chi connectivity index (χ1v) is 7.68. The van der Waals surface area contributed by atoms with Crippen LogP contribution in [0.3, 0.4) is 0 Å². The molecule has 5 heteroatoms. The van der Waals surface area contributed by atoms with E-state index < -0.39 is 0 Å². The fraction of sp³-hybridized carbons (Fsp3) is 0.625. The van der Waals surface area contributed by atoms with Crippen LogP contribution in [-0.4, -0.2) is 36.0 Å². The van der Waals surface area contributed by atoms with E-state index in [1.54, 1.807) is 13.0 Å². The van der Waals surface area contributed by atoms with Crippen LogP contribution in [0.5, 0.6) is 0 Å². The predicted molar refractivity (Wildman–Crippen MR) is 84.5 cm³/mol. The second-order valence-corrected chi connectivity index (χ2v) is 6.23. The number of rotatable bonds is 5. The van der Waals surface area contributed by atoms with Gasteiger partial charge in [0, 0.05) is 43.9 Å². The monoisotopic (exact) mass is 291 g/mol. The zero-order valence-electron chi connectivity index (χ0n) is 13.1. The van der Waals surface area contributed by atoms with Gasteiger partial charge in [0.25, 0.3) is 5.69 Å². The van der Waals surface area contributed by atoms with E-state index >= 15 is 0 Å². The van der Waals surface area contributed by atoms with Gasteiger partial charge in [-0.05, 0) is 24.8 Å². The van der Waals surface area contributed by atoms with Gasteiger partial charge in [0.15, 0.2) is 0 Å². The molecule has 0 aromatic heterocycles. The van der Waals surface area contributed by atoms with Crippen LogP contribution in [0.15, 0.2) is 18.2 Å². The van der Waals surface area contributed by atoms with E-state index in [9.17, 15) is 10.1 Å². The van der Waals surface area contributed by atoms with Gasteiger partial charge in [-0.25, -0.2) is 0 Å². The molecule has 1 heterocycles. The smallest absolute Gasteiger partial charge is 0.272 e. The molecule has 0 amide bonds. The molecule has 0 saturated carbocycles. The molecule has 116 valence electrons. The van der Waals surface area contributed by atoms with Gasteiger partial charge in [-0.3, -0.25) is 15.0 Å². The minimum atomic E-state index is -0.275. The second-order valence-electron chi connectivity index (χ2n) is 6.23. The van der Waals surface area contributed by atoms with Crippen molar-refractivity contribution in [2.75, 3.05) is 26.2 Å². The normalized spacial score (nSPS) is 17.9. The molecule has 0 bridgehead atoms. The van der Waals surface area contributed by atoms with Crippen LogP contribution >= 0.6 is 0 Å². The lowest BCUT2D eigenvalue weighted by molar-refractivity contribution is -0.385. The highest BCUT2D eigenvalue weighted by atomic mass is 16.6. The van der Waals surface area contributed by atoms with Crippen molar-refractivity contribution in [3.8, 4) is 0 Å². The van der Waals surface area contributed by atoms with E-state index in [-0.39, 0.29) is 16.7 Å². The maximum Gasteiger partial charge on any atom is 0.272 e. The lowest BCUT2D eigenvalue weighted by Gasteiger charge is -2.36. The fourth-order valence-electron chi connectivity index (χ4n) is 2.97. The van der Waals surface area contributed by atoms with E-state index in [1.165, 1.54) is 0 Å². The number of aryl methyl sites for hydroxylation is 1. The molecule has 5 nitrogen and oxygen atoms in total. The quantitative estimate of drug-likeness (QED) is 0.669. The van der Waals surface area contributed by atoms with E-state index in [4.69, 9.17) is 0 Å². The van der Waals surface area contributed by atoms with Gasteiger partial charge in [-0.1, -0.05) is 26.0 Å². The third kappa shape index (κ3) is 4.02. The summed E-state index contributed by atoms with van der Waals surface area (Å²) in [5, 5.41) is 14.5. The number of benzene rings is 1. The minimum absolute atomic E-state index is 0.233. The van der Waals surface area contributed by atoms with E-state index in [0.717, 1.165) is 43.7 Å². The highest BCUT2D eigenvalue weighted by Crippen LogP contribution is 2.31. The van der Waals surface area contributed by atoms with Crippen LogP contribution in [0.2, 0.25) is 0 Å². The summed E-state index contributed by atoms with van der Waals surface area (Å²) in [4.78, 5) is 13.4. The minimum Gasteiger partial charge on any atom is -0.314 e. The SMILES string of the molecule is Cc1ccc([C@@H](CC(C)C)N2CCNCC2)cc1[N+](=O)[O-]. The van der Waals surface area contributed by atoms with Crippen LogP contribution in [-0.2, 0) is 0 Å². The number of hydrogen-bond acceptors (Lipinski definition) is 4. The molecule has 1 aliphatic rings. The van der Waals surface area contributed by atoms with Crippen molar-refractivity contribution >= 4 is 5.69 Å². The summed E-state index contributed by atoms with van der Waals surface area (Å²) in [6, 6.07) is 5.97. The molecule has 0 aliphatic carbocycles. The van der Waals surface area contributed by atoms with Crippen LogP contribution in [0, 0.1) is 23.0 Å². The zero-order valence-corrected chi connectivity index (χ0v) is 13.1. The highest BCUT2D eigenvalue weighted by molar-refractivity contribution is 5.43. The number of nitro benzene ring substituents is 1. The summed E-state index contributed by atoms with van der Waals surface area (Å²) >= 11 is 0. The average molecular weight is 291 g/mol. The molecular weight excluding hydrogens is 266 g/mol. The molecule has 1 fully saturated rings. The summed E-state index contributed by atoms with van der Waals surface area (Å²) < 4.78 is 0. The van der Waals surface area contributed by atoms with Crippen molar-refractivity contribution in [2.45, 2.75) is 33.2 Å². The summed E-state index contributed by atoms with van der Waals surface area (Å²) in [7, 11) is 0. The van der Waals surface area contributed by atoms with Crippen molar-refractivity contribution in [2.24, 2.45) is 5.92 Å². The number of nitrogens with zero attached hydrogens (tertiary/aromatic N) is 2. The first-order valence-electron chi connectivity index (χ1n) is 7.68. The Balaban J connectivity index is 2.31. The van der Waals surface area contributed by atoms with E-state index in [2.05, 4.69) is 30.1 Å². The van der Waals surface area contributed by atoms with Crippen LogP contribution in [0.25, 0.3) is 0 Å². The molecular formula is C16H25N3O2.